The normalized spacial score (nSPS) is 22.3. The molecule has 0 aromatic heterocycles. The van der Waals surface area contributed by atoms with E-state index in [9.17, 15) is 9.59 Å². The third-order valence-electron chi connectivity index (χ3n) is 5.60. The molecule has 2 atom stereocenters. The fourth-order valence-electron chi connectivity index (χ4n) is 4.47. The highest BCUT2D eigenvalue weighted by atomic mass is 16.5. The molecule has 2 unspecified atom stereocenters. The van der Waals surface area contributed by atoms with Gasteiger partial charge in [0.05, 0.1) is 23.5 Å². The topological polar surface area (TPSA) is 49.9 Å². The zero-order valence-electron chi connectivity index (χ0n) is 18.2. The van der Waals surface area contributed by atoms with E-state index in [-0.39, 0.29) is 24.0 Å². The summed E-state index contributed by atoms with van der Waals surface area (Å²) < 4.78 is 5.86. The largest absolute Gasteiger partial charge is 0.372 e. The Morgan fingerprint density at radius 3 is 1.93 bits per heavy atom. The van der Waals surface area contributed by atoms with Gasteiger partial charge in [-0.1, -0.05) is 35.9 Å². The number of morpholine rings is 1. The number of nitrogens with zero attached hydrogens (tertiary/aromatic N) is 2. The average Bonchev–Trinajstić information content (AvgIpc) is 2.91. The first-order valence-corrected chi connectivity index (χ1v) is 10.4. The number of hydrogen-bond acceptors (Lipinski definition) is 4. The van der Waals surface area contributed by atoms with Crippen molar-refractivity contribution in [2.75, 3.05) is 18.0 Å². The Bertz CT molecular complexity index is 1010. The molecule has 2 aromatic carbocycles. The molecule has 4 rings (SSSR count). The quantitative estimate of drug-likeness (QED) is 0.726. The number of rotatable bonds is 3. The van der Waals surface area contributed by atoms with Gasteiger partial charge >= 0.3 is 0 Å². The second kappa shape index (κ2) is 7.73. The van der Waals surface area contributed by atoms with E-state index in [4.69, 9.17) is 4.74 Å². The van der Waals surface area contributed by atoms with E-state index in [1.807, 2.05) is 82.0 Å². The molecular formula is C25H28N2O3. The lowest BCUT2D eigenvalue weighted by molar-refractivity contribution is -0.121. The van der Waals surface area contributed by atoms with Gasteiger partial charge in [-0.05, 0) is 63.4 Å². The van der Waals surface area contributed by atoms with Crippen LogP contribution in [0.15, 0.2) is 48.2 Å². The molecule has 5 nitrogen and oxygen atoms in total. The van der Waals surface area contributed by atoms with Crippen LogP contribution in [0.25, 0.3) is 5.57 Å². The lowest BCUT2D eigenvalue weighted by Gasteiger charge is -2.37. The van der Waals surface area contributed by atoms with E-state index in [2.05, 4.69) is 0 Å². The standard InChI is InChI=1S/C25H28N2O3/c1-15-6-8-20(9-7-15)22-23(26-13-18(4)30-19(5)14-26)25(29)27(24(22)28)21-11-16(2)10-17(3)12-21/h6-12,18-19H,13-14H2,1-5H3. The Morgan fingerprint density at radius 2 is 1.37 bits per heavy atom. The van der Waals surface area contributed by atoms with E-state index in [1.54, 1.807) is 0 Å². The van der Waals surface area contributed by atoms with Crippen molar-refractivity contribution in [1.82, 2.24) is 4.90 Å². The monoisotopic (exact) mass is 404 g/mol. The highest BCUT2D eigenvalue weighted by molar-refractivity contribution is 6.45. The van der Waals surface area contributed by atoms with Crippen LogP contribution in [0, 0.1) is 20.8 Å². The van der Waals surface area contributed by atoms with Gasteiger partial charge in [-0.3, -0.25) is 9.59 Å². The Labute approximate surface area is 177 Å². The SMILES string of the molecule is Cc1ccc(C2=C(N3CC(C)OC(C)C3)C(=O)N(c3cc(C)cc(C)c3)C2=O)cc1. The first-order chi connectivity index (χ1) is 14.2. The zero-order chi connectivity index (χ0) is 21.6. The summed E-state index contributed by atoms with van der Waals surface area (Å²) in [6, 6.07) is 13.6. The first kappa shape index (κ1) is 20.4. The number of ether oxygens (including phenoxy) is 1. The van der Waals surface area contributed by atoms with Gasteiger partial charge in [0, 0.05) is 13.1 Å². The number of carbonyl (C=O) groups excluding carboxylic acids is 2. The summed E-state index contributed by atoms with van der Waals surface area (Å²) >= 11 is 0. The third-order valence-corrected chi connectivity index (χ3v) is 5.60. The predicted molar refractivity (Wildman–Crippen MR) is 118 cm³/mol. The van der Waals surface area contributed by atoms with Crippen molar-refractivity contribution in [2.24, 2.45) is 0 Å². The highest BCUT2D eigenvalue weighted by Gasteiger charge is 2.43. The highest BCUT2D eigenvalue weighted by Crippen LogP contribution is 2.36. The molecule has 0 radical (unpaired) electrons. The summed E-state index contributed by atoms with van der Waals surface area (Å²) in [5.41, 5.74) is 5.49. The molecule has 2 aromatic rings. The number of hydrogen-bond donors (Lipinski definition) is 0. The van der Waals surface area contributed by atoms with Crippen molar-refractivity contribution in [3.63, 3.8) is 0 Å². The van der Waals surface area contributed by atoms with Crippen molar-refractivity contribution in [3.8, 4) is 0 Å². The van der Waals surface area contributed by atoms with Gasteiger partial charge < -0.3 is 9.64 Å². The van der Waals surface area contributed by atoms with Crippen LogP contribution in [-0.2, 0) is 14.3 Å². The van der Waals surface area contributed by atoms with Crippen molar-refractivity contribution in [3.05, 3.63) is 70.4 Å². The van der Waals surface area contributed by atoms with Gasteiger partial charge in [0.25, 0.3) is 11.8 Å². The van der Waals surface area contributed by atoms with Crippen LogP contribution in [0.4, 0.5) is 5.69 Å². The van der Waals surface area contributed by atoms with Gasteiger partial charge in [0.15, 0.2) is 0 Å². The summed E-state index contributed by atoms with van der Waals surface area (Å²) in [5.74, 6) is -0.530. The van der Waals surface area contributed by atoms with Gasteiger partial charge in [-0.15, -0.1) is 0 Å². The third kappa shape index (κ3) is 3.65. The van der Waals surface area contributed by atoms with Gasteiger partial charge in [0.1, 0.15) is 5.70 Å². The Balaban J connectivity index is 1.85. The van der Waals surface area contributed by atoms with Crippen molar-refractivity contribution in [2.45, 2.75) is 46.8 Å². The van der Waals surface area contributed by atoms with Crippen molar-refractivity contribution >= 4 is 23.1 Å². The minimum Gasteiger partial charge on any atom is -0.372 e. The fraction of sp³-hybridized carbons (Fsp3) is 0.360. The molecule has 1 saturated heterocycles. The number of imide groups is 1. The maximum atomic E-state index is 13.7. The van der Waals surface area contributed by atoms with E-state index in [0.717, 1.165) is 22.3 Å². The summed E-state index contributed by atoms with van der Waals surface area (Å²) in [6.45, 7) is 11.1. The molecule has 2 amide bonds. The van der Waals surface area contributed by atoms with Crippen LogP contribution >= 0.6 is 0 Å². The second-order valence-corrected chi connectivity index (χ2v) is 8.54. The molecule has 2 aliphatic heterocycles. The van der Waals surface area contributed by atoms with Crippen LogP contribution in [0.3, 0.4) is 0 Å². The summed E-state index contributed by atoms with van der Waals surface area (Å²) in [7, 11) is 0. The molecule has 2 aliphatic rings. The molecule has 0 N–H and O–H groups in total. The second-order valence-electron chi connectivity index (χ2n) is 8.54. The minimum absolute atomic E-state index is 0.0151. The maximum absolute atomic E-state index is 13.7. The number of amides is 2. The Hall–Kier alpha value is -2.92. The smallest absolute Gasteiger partial charge is 0.282 e. The van der Waals surface area contributed by atoms with E-state index in [0.29, 0.717) is 30.0 Å². The van der Waals surface area contributed by atoms with Crippen LogP contribution in [0.1, 0.15) is 36.1 Å². The molecule has 0 bridgehead atoms. The fourth-order valence-corrected chi connectivity index (χ4v) is 4.47. The van der Waals surface area contributed by atoms with Crippen LogP contribution < -0.4 is 4.90 Å². The average molecular weight is 405 g/mol. The van der Waals surface area contributed by atoms with Gasteiger partial charge in [0.2, 0.25) is 0 Å². The molecular weight excluding hydrogens is 376 g/mol. The molecule has 156 valence electrons. The van der Waals surface area contributed by atoms with E-state index >= 15 is 0 Å². The molecule has 1 fully saturated rings. The molecule has 30 heavy (non-hydrogen) atoms. The van der Waals surface area contributed by atoms with Gasteiger partial charge in [-0.2, -0.15) is 0 Å². The Kier molecular flexibility index (Phi) is 5.24. The van der Waals surface area contributed by atoms with Crippen LogP contribution in [0.2, 0.25) is 0 Å². The molecule has 0 aliphatic carbocycles. The van der Waals surface area contributed by atoms with Crippen molar-refractivity contribution in [1.29, 1.82) is 0 Å². The van der Waals surface area contributed by atoms with Crippen LogP contribution in [0.5, 0.6) is 0 Å². The zero-order valence-corrected chi connectivity index (χ0v) is 18.2. The number of anilines is 1. The predicted octanol–water partition coefficient (Wildman–Crippen LogP) is 4.01. The summed E-state index contributed by atoms with van der Waals surface area (Å²) in [6.07, 6.45) is -0.0302. The maximum Gasteiger partial charge on any atom is 0.282 e. The summed E-state index contributed by atoms with van der Waals surface area (Å²) in [4.78, 5) is 30.7. The lowest BCUT2D eigenvalue weighted by Crippen LogP contribution is -2.47. The first-order valence-electron chi connectivity index (χ1n) is 10.4. The number of carbonyl (C=O) groups is 2. The molecule has 2 heterocycles. The van der Waals surface area contributed by atoms with Crippen molar-refractivity contribution < 1.29 is 14.3 Å². The summed E-state index contributed by atoms with van der Waals surface area (Å²) in [5, 5.41) is 0. The van der Waals surface area contributed by atoms with E-state index < -0.39 is 0 Å². The molecule has 5 heteroatoms. The lowest BCUT2D eigenvalue weighted by atomic mass is 10.0. The van der Waals surface area contributed by atoms with Gasteiger partial charge in [-0.25, -0.2) is 4.90 Å². The van der Waals surface area contributed by atoms with Crippen LogP contribution in [-0.4, -0.2) is 42.0 Å². The Morgan fingerprint density at radius 1 is 0.800 bits per heavy atom. The van der Waals surface area contributed by atoms with E-state index in [1.165, 1.54) is 4.90 Å². The molecule has 0 saturated carbocycles. The number of aryl methyl sites for hydroxylation is 3. The number of benzene rings is 2. The molecule has 0 spiro atoms. The minimum atomic E-state index is -0.268.